The summed E-state index contributed by atoms with van der Waals surface area (Å²) in [5.41, 5.74) is 0. The molecule has 0 aromatic heterocycles. The molecule has 1 fully saturated rings. The van der Waals surface area contributed by atoms with E-state index in [4.69, 9.17) is 0 Å². The van der Waals surface area contributed by atoms with Crippen molar-refractivity contribution < 1.29 is 9.90 Å². The van der Waals surface area contributed by atoms with Gasteiger partial charge in [0.25, 0.3) is 0 Å². The number of nitrogens with zero attached hydrogens (tertiary/aromatic N) is 1. The van der Waals surface area contributed by atoms with Crippen molar-refractivity contribution in [3.8, 4) is 0 Å². The molecule has 1 saturated carbocycles. The first kappa shape index (κ1) is 15.5. The predicted molar refractivity (Wildman–Crippen MR) is 74.7 cm³/mol. The zero-order chi connectivity index (χ0) is 13.5. The van der Waals surface area contributed by atoms with Crippen molar-refractivity contribution >= 4 is 5.97 Å². The summed E-state index contributed by atoms with van der Waals surface area (Å²) in [6.45, 7) is 7.65. The van der Waals surface area contributed by atoms with E-state index in [1.165, 1.54) is 25.7 Å². The first-order valence-corrected chi connectivity index (χ1v) is 7.56. The van der Waals surface area contributed by atoms with Crippen LogP contribution in [-0.2, 0) is 4.79 Å². The maximum absolute atomic E-state index is 11.4. The summed E-state index contributed by atoms with van der Waals surface area (Å²) >= 11 is 0. The van der Waals surface area contributed by atoms with Crippen LogP contribution in [0.15, 0.2) is 0 Å². The van der Waals surface area contributed by atoms with E-state index in [0.29, 0.717) is 6.04 Å². The predicted octanol–water partition coefficient (Wildman–Crippen LogP) is 3.53. The molecule has 0 radical (unpaired) electrons. The van der Waals surface area contributed by atoms with E-state index in [0.717, 1.165) is 25.8 Å². The lowest BCUT2D eigenvalue weighted by molar-refractivity contribution is -0.146. The fourth-order valence-electron chi connectivity index (χ4n) is 3.15. The Hall–Kier alpha value is -0.570. The highest BCUT2D eigenvalue weighted by Crippen LogP contribution is 2.30. The first-order chi connectivity index (χ1) is 8.57. The molecule has 3 heteroatoms. The van der Waals surface area contributed by atoms with Gasteiger partial charge in [-0.3, -0.25) is 9.69 Å². The average molecular weight is 255 g/mol. The van der Waals surface area contributed by atoms with Gasteiger partial charge in [-0.2, -0.15) is 0 Å². The smallest absolute Gasteiger partial charge is 0.308 e. The van der Waals surface area contributed by atoms with Gasteiger partial charge >= 0.3 is 5.97 Å². The van der Waals surface area contributed by atoms with E-state index in [9.17, 15) is 9.90 Å². The minimum Gasteiger partial charge on any atom is -0.481 e. The molecule has 1 aliphatic rings. The van der Waals surface area contributed by atoms with Crippen molar-refractivity contribution in [2.45, 2.75) is 77.8 Å². The monoisotopic (exact) mass is 255 g/mol. The van der Waals surface area contributed by atoms with Crippen LogP contribution in [0.2, 0.25) is 0 Å². The molecule has 1 rings (SSSR count). The van der Waals surface area contributed by atoms with Gasteiger partial charge in [-0.15, -0.1) is 0 Å². The highest BCUT2D eigenvalue weighted by Gasteiger charge is 2.35. The van der Waals surface area contributed by atoms with E-state index in [-0.39, 0.29) is 12.0 Å². The normalized spacial score (nSPS) is 24.7. The zero-order valence-corrected chi connectivity index (χ0v) is 12.2. The summed E-state index contributed by atoms with van der Waals surface area (Å²) in [6.07, 6.45) is 7.84. The van der Waals surface area contributed by atoms with Gasteiger partial charge in [0.15, 0.2) is 0 Å². The van der Waals surface area contributed by atoms with Crippen LogP contribution in [0, 0.1) is 5.92 Å². The van der Waals surface area contributed by atoms with Crippen LogP contribution in [0.5, 0.6) is 0 Å². The highest BCUT2D eigenvalue weighted by molar-refractivity contribution is 5.71. The van der Waals surface area contributed by atoms with E-state index >= 15 is 0 Å². The van der Waals surface area contributed by atoms with Gasteiger partial charge in [-0.25, -0.2) is 0 Å². The molecule has 0 aromatic rings. The Kier molecular flexibility index (Phi) is 6.69. The number of unbranched alkanes of at least 4 members (excludes halogenated alkanes) is 2. The summed E-state index contributed by atoms with van der Waals surface area (Å²) in [6, 6.07) is 0.708. The minimum atomic E-state index is -0.596. The third kappa shape index (κ3) is 4.27. The molecule has 0 heterocycles. The van der Waals surface area contributed by atoms with Gasteiger partial charge in [-0.05, 0) is 39.7 Å². The van der Waals surface area contributed by atoms with Crippen molar-refractivity contribution in [3.63, 3.8) is 0 Å². The lowest BCUT2D eigenvalue weighted by Crippen LogP contribution is -2.48. The van der Waals surface area contributed by atoms with E-state index in [1.54, 1.807) is 0 Å². The molecule has 0 amide bonds. The third-order valence-electron chi connectivity index (χ3n) is 4.16. The topological polar surface area (TPSA) is 40.5 Å². The number of hydrogen-bond donors (Lipinski definition) is 1. The second-order valence-corrected chi connectivity index (χ2v) is 5.84. The Morgan fingerprint density at radius 1 is 1.28 bits per heavy atom. The van der Waals surface area contributed by atoms with Crippen molar-refractivity contribution in [1.29, 1.82) is 0 Å². The fourth-order valence-corrected chi connectivity index (χ4v) is 3.15. The molecule has 1 aliphatic carbocycles. The Labute approximate surface area is 112 Å². The third-order valence-corrected chi connectivity index (χ3v) is 4.16. The Balaban J connectivity index is 2.65. The standard InChI is InChI=1S/C15H29NO2/c1-4-5-8-11-16(12(2)3)14-10-7-6-9-13(14)15(17)18/h12-14H,4-11H2,1-3H3,(H,17,18). The first-order valence-electron chi connectivity index (χ1n) is 7.56. The molecular formula is C15H29NO2. The highest BCUT2D eigenvalue weighted by atomic mass is 16.4. The molecule has 18 heavy (non-hydrogen) atoms. The zero-order valence-electron chi connectivity index (χ0n) is 12.2. The quantitative estimate of drug-likeness (QED) is 0.707. The van der Waals surface area contributed by atoms with Crippen LogP contribution in [0.25, 0.3) is 0 Å². The van der Waals surface area contributed by atoms with Crippen LogP contribution < -0.4 is 0 Å². The van der Waals surface area contributed by atoms with Crippen LogP contribution in [0.3, 0.4) is 0 Å². The van der Waals surface area contributed by atoms with Crippen LogP contribution in [0.1, 0.15) is 65.7 Å². The number of carboxylic acid groups (broad SMARTS) is 1. The number of aliphatic carboxylic acids is 1. The molecule has 3 nitrogen and oxygen atoms in total. The molecule has 0 aromatic carbocycles. The number of carbonyl (C=O) groups is 1. The van der Waals surface area contributed by atoms with E-state index in [2.05, 4.69) is 25.7 Å². The molecule has 1 N–H and O–H groups in total. The van der Waals surface area contributed by atoms with Gasteiger partial charge in [0.1, 0.15) is 0 Å². The van der Waals surface area contributed by atoms with Gasteiger partial charge in [-0.1, -0.05) is 32.6 Å². The van der Waals surface area contributed by atoms with Crippen molar-refractivity contribution in [3.05, 3.63) is 0 Å². The largest absolute Gasteiger partial charge is 0.481 e. The summed E-state index contributed by atoms with van der Waals surface area (Å²) in [4.78, 5) is 13.8. The SMILES string of the molecule is CCCCCN(C(C)C)C1CCCCC1C(=O)O. The average Bonchev–Trinajstić information content (AvgIpc) is 2.34. The summed E-state index contributed by atoms with van der Waals surface area (Å²) in [7, 11) is 0. The lowest BCUT2D eigenvalue weighted by atomic mass is 9.83. The maximum atomic E-state index is 11.4. The molecule has 0 aliphatic heterocycles. The van der Waals surface area contributed by atoms with E-state index in [1.807, 2.05) is 0 Å². The second kappa shape index (κ2) is 7.78. The molecule has 0 spiro atoms. The summed E-state index contributed by atoms with van der Waals surface area (Å²) in [5.74, 6) is -0.747. The molecule has 106 valence electrons. The van der Waals surface area contributed by atoms with Crippen molar-refractivity contribution in [1.82, 2.24) is 4.90 Å². The molecular weight excluding hydrogens is 226 g/mol. The van der Waals surface area contributed by atoms with Gasteiger partial charge in [0.2, 0.25) is 0 Å². The van der Waals surface area contributed by atoms with Crippen LogP contribution in [-0.4, -0.2) is 34.6 Å². The van der Waals surface area contributed by atoms with Gasteiger partial charge in [0, 0.05) is 12.1 Å². The van der Waals surface area contributed by atoms with Crippen LogP contribution >= 0.6 is 0 Å². The summed E-state index contributed by atoms with van der Waals surface area (Å²) in [5, 5.41) is 9.38. The number of hydrogen-bond acceptors (Lipinski definition) is 2. The molecule has 0 saturated heterocycles. The molecule has 2 unspecified atom stereocenters. The maximum Gasteiger partial charge on any atom is 0.308 e. The van der Waals surface area contributed by atoms with Gasteiger partial charge in [0.05, 0.1) is 5.92 Å². The minimum absolute atomic E-state index is 0.150. The lowest BCUT2D eigenvalue weighted by Gasteiger charge is -2.40. The van der Waals surface area contributed by atoms with Crippen molar-refractivity contribution in [2.75, 3.05) is 6.54 Å². The Bertz CT molecular complexity index is 253. The molecule has 2 atom stereocenters. The fraction of sp³-hybridized carbons (Fsp3) is 0.933. The summed E-state index contributed by atoms with van der Waals surface area (Å²) < 4.78 is 0. The van der Waals surface area contributed by atoms with Gasteiger partial charge < -0.3 is 5.11 Å². The Morgan fingerprint density at radius 2 is 1.94 bits per heavy atom. The Morgan fingerprint density at radius 3 is 2.50 bits per heavy atom. The molecule has 0 bridgehead atoms. The number of rotatable bonds is 7. The van der Waals surface area contributed by atoms with Crippen molar-refractivity contribution in [2.24, 2.45) is 5.92 Å². The van der Waals surface area contributed by atoms with E-state index < -0.39 is 5.97 Å². The number of carboxylic acids is 1. The van der Waals surface area contributed by atoms with Crippen LogP contribution in [0.4, 0.5) is 0 Å². The second-order valence-electron chi connectivity index (χ2n) is 5.84.